The van der Waals surface area contributed by atoms with Crippen LogP contribution in [0.2, 0.25) is 0 Å². The molecule has 0 fully saturated rings. The summed E-state index contributed by atoms with van der Waals surface area (Å²) in [6, 6.07) is 5.61. The van der Waals surface area contributed by atoms with Crippen LogP contribution in [0.25, 0.3) is 10.9 Å². The number of aromatic amines is 1. The van der Waals surface area contributed by atoms with E-state index >= 15 is 0 Å². The number of aryl methyl sites for hydroxylation is 3. The molecule has 1 amide bonds. The molecule has 166 valence electrons. The average molecular weight is 442 g/mol. The lowest BCUT2D eigenvalue weighted by Gasteiger charge is -2.19. The normalized spacial score (nSPS) is 11.4. The number of carbonyl (C=O) groups is 1. The summed E-state index contributed by atoms with van der Waals surface area (Å²) in [4.78, 5) is 40.2. The molecule has 0 aliphatic heterocycles. The molecule has 31 heavy (non-hydrogen) atoms. The molecule has 0 aliphatic rings. The zero-order valence-corrected chi connectivity index (χ0v) is 19.6. The Bertz CT molecular complexity index is 1110. The number of thiazole rings is 1. The number of amides is 1. The summed E-state index contributed by atoms with van der Waals surface area (Å²) in [5.74, 6) is 0.651. The molecule has 0 radical (unpaired) electrons. The molecule has 3 rings (SSSR count). The van der Waals surface area contributed by atoms with Crippen molar-refractivity contribution >= 4 is 28.1 Å². The number of fused-ring (bicyclic) bond motifs is 1. The molecule has 2 heterocycles. The van der Waals surface area contributed by atoms with Crippen LogP contribution < -0.4 is 10.9 Å². The van der Waals surface area contributed by atoms with E-state index in [2.05, 4.69) is 39.0 Å². The van der Waals surface area contributed by atoms with Crippen LogP contribution in [-0.4, -0.2) is 45.4 Å². The molecule has 3 aromatic rings. The SMILES string of the molecule is CCc1nc(CCNC(=O)CCN(CC)Cc2nc3c(C)cccc3c(=O)[nH]2)sc1C. The van der Waals surface area contributed by atoms with Gasteiger partial charge in [0.1, 0.15) is 5.82 Å². The molecule has 2 N–H and O–H groups in total. The highest BCUT2D eigenvalue weighted by molar-refractivity contribution is 7.11. The molecule has 8 heteroatoms. The number of aromatic nitrogens is 3. The third kappa shape index (κ3) is 5.98. The summed E-state index contributed by atoms with van der Waals surface area (Å²) in [5.41, 5.74) is 2.74. The smallest absolute Gasteiger partial charge is 0.258 e. The number of benzene rings is 1. The van der Waals surface area contributed by atoms with Gasteiger partial charge in [-0.2, -0.15) is 0 Å². The zero-order valence-electron chi connectivity index (χ0n) is 18.7. The summed E-state index contributed by atoms with van der Waals surface area (Å²) in [6.07, 6.45) is 2.11. The number of nitrogens with one attached hydrogen (secondary N) is 2. The molecule has 0 spiro atoms. The highest BCUT2D eigenvalue weighted by atomic mass is 32.1. The second-order valence-electron chi connectivity index (χ2n) is 7.67. The van der Waals surface area contributed by atoms with Gasteiger partial charge in [-0.25, -0.2) is 9.97 Å². The number of carbonyl (C=O) groups excluding carboxylic acids is 1. The Hall–Kier alpha value is -2.58. The third-order valence-corrected chi connectivity index (χ3v) is 6.47. The minimum atomic E-state index is -0.124. The zero-order chi connectivity index (χ0) is 22.4. The lowest BCUT2D eigenvalue weighted by Crippen LogP contribution is -2.32. The number of rotatable bonds is 10. The summed E-state index contributed by atoms with van der Waals surface area (Å²) in [5, 5.41) is 4.67. The predicted molar refractivity (Wildman–Crippen MR) is 126 cm³/mol. The Morgan fingerprint density at radius 2 is 2.03 bits per heavy atom. The van der Waals surface area contributed by atoms with Crippen molar-refractivity contribution in [3.63, 3.8) is 0 Å². The van der Waals surface area contributed by atoms with Gasteiger partial charge in [0, 0.05) is 30.8 Å². The topological polar surface area (TPSA) is 91.0 Å². The first-order valence-corrected chi connectivity index (χ1v) is 11.7. The van der Waals surface area contributed by atoms with Gasteiger partial charge in [0.15, 0.2) is 0 Å². The van der Waals surface area contributed by atoms with Crippen LogP contribution in [0.4, 0.5) is 0 Å². The van der Waals surface area contributed by atoms with Crippen LogP contribution in [0.15, 0.2) is 23.0 Å². The second kappa shape index (κ2) is 10.6. The Morgan fingerprint density at radius 3 is 2.74 bits per heavy atom. The van der Waals surface area contributed by atoms with Gasteiger partial charge in [0.05, 0.1) is 28.1 Å². The van der Waals surface area contributed by atoms with E-state index < -0.39 is 0 Å². The molecular formula is C23H31N5O2S. The van der Waals surface area contributed by atoms with E-state index in [1.165, 1.54) is 4.88 Å². The van der Waals surface area contributed by atoms with Crippen molar-refractivity contribution in [1.82, 2.24) is 25.2 Å². The van der Waals surface area contributed by atoms with Gasteiger partial charge < -0.3 is 10.3 Å². The van der Waals surface area contributed by atoms with Crippen LogP contribution in [-0.2, 0) is 24.2 Å². The van der Waals surface area contributed by atoms with Crippen molar-refractivity contribution in [3.05, 3.63) is 55.5 Å². The van der Waals surface area contributed by atoms with Gasteiger partial charge in [0.2, 0.25) is 5.91 Å². The molecule has 7 nitrogen and oxygen atoms in total. The summed E-state index contributed by atoms with van der Waals surface area (Å²) in [6.45, 7) is 10.7. The molecular weight excluding hydrogens is 410 g/mol. The molecule has 0 saturated heterocycles. The van der Waals surface area contributed by atoms with Crippen molar-refractivity contribution in [2.75, 3.05) is 19.6 Å². The van der Waals surface area contributed by atoms with E-state index in [1.54, 1.807) is 17.4 Å². The van der Waals surface area contributed by atoms with E-state index in [-0.39, 0.29) is 11.5 Å². The number of hydrogen-bond donors (Lipinski definition) is 2. The Kier molecular flexibility index (Phi) is 7.92. The highest BCUT2D eigenvalue weighted by Crippen LogP contribution is 2.18. The highest BCUT2D eigenvalue weighted by Gasteiger charge is 2.12. The minimum absolute atomic E-state index is 0.0262. The van der Waals surface area contributed by atoms with E-state index in [0.29, 0.717) is 37.3 Å². The lowest BCUT2D eigenvalue weighted by atomic mass is 10.1. The average Bonchev–Trinajstić information content (AvgIpc) is 3.11. The number of H-pyrrole nitrogens is 1. The van der Waals surface area contributed by atoms with E-state index in [4.69, 9.17) is 0 Å². The molecule has 0 bridgehead atoms. The molecule has 0 saturated carbocycles. The summed E-state index contributed by atoms with van der Waals surface area (Å²) >= 11 is 1.71. The fourth-order valence-corrected chi connectivity index (χ4v) is 4.59. The van der Waals surface area contributed by atoms with Crippen molar-refractivity contribution in [3.8, 4) is 0 Å². The third-order valence-electron chi connectivity index (χ3n) is 5.40. The maximum atomic E-state index is 12.4. The monoisotopic (exact) mass is 441 g/mol. The van der Waals surface area contributed by atoms with E-state index in [1.807, 2.05) is 26.0 Å². The van der Waals surface area contributed by atoms with Crippen LogP contribution in [0.1, 0.15) is 47.2 Å². The number of para-hydroxylation sites is 1. The molecule has 0 atom stereocenters. The van der Waals surface area contributed by atoms with Crippen LogP contribution >= 0.6 is 11.3 Å². The van der Waals surface area contributed by atoms with Gasteiger partial charge >= 0.3 is 0 Å². The first-order valence-electron chi connectivity index (χ1n) is 10.8. The van der Waals surface area contributed by atoms with Gasteiger partial charge in [0.25, 0.3) is 5.56 Å². The molecule has 0 unspecified atom stereocenters. The van der Waals surface area contributed by atoms with Crippen LogP contribution in [0.3, 0.4) is 0 Å². The van der Waals surface area contributed by atoms with Crippen molar-refractivity contribution in [2.45, 2.75) is 53.5 Å². The largest absolute Gasteiger partial charge is 0.356 e. The molecule has 2 aromatic heterocycles. The van der Waals surface area contributed by atoms with Gasteiger partial charge in [-0.15, -0.1) is 11.3 Å². The molecule has 1 aromatic carbocycles. The van der Waals surface area contributed by atoms with Crippen molar-refractivity contribution < 1.29 is 4.79 Å². The second-order valence-corrected chi connectivity index (χ2v) is 8.95. The van der Waals surface area contributed by atoms with Crippen LogP contribution in [0.5, 0.6) is 0 Å². The van der Waals surface area contributed by atoms with Crippen molar-refractivity contribution in [1.29, 1.82) is 0 Å². The number of nitrogens with zero attached hydrogens (tertiary/aromatic N) is 3. The first-order chi connectivity index (χ1) is 14.9. The summed E-state index contributed by atoms with van der Waals surface area (Å²) < 4.78 is 0. The maximum Gasteiger partial charge on any atom is 0.258 e. The van der Waals surface area contributed by atoms with Gasteiger partial charge in [-0.1, -0.05) is 26.0 Å². The van der Waals surface area contributed by atoms with E-state index in [0.717, 1.165) is 41.2 Å². The fourth-order valence-electron chi connectivity index (χ4n) is 3.57. The van der Waals surface area contributed by atoms with Crippen LogP contribution in [0, 0.1) is 13.8 Å². The van der Waals surface area contributed by atoms with Crippen molar-refractivity contribution in [2.24, 2.45) is 0 Å². The summed E-state index contributed by atoms with van der Waals surface area (Å²) in [7, 11) is 0. The fraction of sp³-hybridized carbons (Fsp3) is 0.478. The standard InChI is InChI=1S/C23H31N5O2S/c1-5-18-16(4)31-21(25-18)10-12-24-20(29)11-13-28(6-2)14-19-26-22-15(3)8-7-9-17(22)23(30)27-19/h7-9H,5-6,10-14H2,1-4H3,(H,24,29)(H,26,27,30). The van der Waals surface area contributed by atoms with E-state index in [9.17, 15) is 9.59 Å². The minimum Gasteiger partial charge on any atom is -0.356 e. The quantitative estimate of drug-likeness (QED) is 0.504. The Labute approximate surface area is 186 Å². The first kappa shape index (κ1) is 23.1. The maximum absolute atomic E-state index is 12.4. The Morgan fingerprint density at radius 1 is 1.23 bits per heavy atom. The van der Waals surface area contributed by atoms with Gasteiger partial charge in [-0.3, -0.25) is 14.5 Å². The number of hydrogen-bond acceptors (Lipinski definition) is 6. The molecule has 0 aliphatic carbocycles. The Balaban J connectivity index is 1.50. The lowest BCUT2D eigenvalue weighted by molar-refractivity contribution is -0.121. The van der Waals surface area contributed by atoms with Gasteiger partial charge in [-0.05, 0) is 38.4 Å². The predicted octanol–water partition coefficient (Wildman–Crippen LogP) is 3.13.